The number of amides is 3. The lowest BCUT2D eigenvalue weighted by atomic mass is 10.00. The maximum atomic E-state index is 13.7. The molecule has 3 aliphatic heterocycles. The second-order valence-electron chi connectivity index (χ2n) is 12.9. The monoisotopic (exact) mass is 712 g/mol. The molecule has 3 amide bonds. The maximum Gasteiger partial charge on any atom is 0.258 e. The van der Waals surface area contributed by atoms with E-state index in [0.717, 1.165) is 40.7 Å². The fourth-order valence-electron chi connectivity index (χ4n) is 6.89. The molecule has 4 aromatic rings. The number of rotatable bonds is 12. The zero-order valence-electron chi connectivity index (χ0n) is 27.7. The average Bonchev–Trinajstić information content (AvgIpc) is 3.83. The van der Waals surface area contributed by atoms with Crippen LogP contribution in [0.5, 0.6) is 5.88 Å². The number of anilines is 1. The Morgan fingerprint density at radius 1 is 0.800 bits per heavy atom. The molecule has 50 heavy (non-hydrogen) atoms. The molecule has 3 aliphatic rings. The maximum absolute atomic E-state index is 13.7. The van der Waals surface area contributed by atoms with Gasteiger partial charge < -0.3 is 30.9 Å². The summed E-state index contributed by atoms with van der Waals surface area (Å²) in [6.45, 7) is 2.90. The van der Waals surface area contributed by atoms with Crippen molar-refractivity contribution in [3.8, 4) is 28.3 Å². The first-order chi connectivity index (χ1) is 24.3. The van der Waals surface area contributed by atoms with Crippen molar-refractivity contribution in [3.05, 3.63) is 99.0 Å². The van der Waals surface area contributed by atoms with Crippen LogP contribution in [-0.4, -0.2) is 55.0 Å². The number of aromatic nitrogens is 1. The molecule has 2 fully saturated rings. The number of methoxy groups -OCH3 is 1. The van der Waals surface area contributed by atoms with E-state index in [1.807, 2.05) is 66.7 Å². The largest absolute Gasteiger partial charge is 0.481 e. The number of hydrogen-bond acceptors (Lipinski definition) is 7. The Morgan fingerprint density at radius 3 is 2.14 bits per heavy atom. The van der Waals surface area contributed by atoms with Crippen LogP contribution < -0.4 is 30.9 Å². The van der Waals surface area contributed by atoms with Crippen LogP contribution in [0.3, 0.4) is 0 Å². The van der Waals surface area contributed by atoms with E-state index in [1.165, 1.54) is 0 Å². The SMILES string of the molecule is COc1nc(-c2cccc(-c3cccc(N4Cc5ccc(CNC[C@@H]6CCC(=O)N6)cc5C4=O)c3Cl)c2Cl)ccc1CNC[C@H]1CCC(=O)N1. The molecule has 2 saturated heterocycles. The van der Waals surface area contributed by atoms with Gasteiger partial charge in [-0.15, -0.1) is 0 Å². The topological polar surface area (TPSA) is 125 Å². The number of carbonyl (C=O) groups excluding carboxylic acids is 3. The Morgan fingerprint density at radius 2 is 1.46 bits per heavy atom. The number of benzene rings is 3. The predicted molar refractivity (Wildman–Crippen MR) is 194 cm³/mol. The molecule has 258 valence electrons. The number of halogens is 2. The molecule has 4 heterocycles. The van der Waals surface area contributed by atoms with Crippen LogP contribution in [0.2, 0.25) is 10.0 Å². The highest BCUT2D eigenvalue weighted by molar-refractivity contribution is 6.39. The fraction of sp³-hybridized carbons (Fsp3) is 0.316. The number of fused-ring (bicyclic) bond motifs is 1. The number of pyridine rings is 1. The first-order valence-corrected chi connectivity index (χ1v) is 17.6. The first-order valence-electron chi connectivity index (χ1n) is 16.8. The van der Waals surface area contributed by atoms with E-state index in [1.54, 1.807) is 12.0 Å². The molecular formula is C38H38Cl2N6O4. The zero-order valence-corrected chi connectivity index (χ0v) is 29.2. The van der Waals surface area contributed by atoms with E-state index in [9.17, 15) is 14.4 Å². The van der Waals surface area contributed by atoms with Crippen molar-refractivity contribution < 1.29 is 19.1 Å². The smallest absolute Gasteiger partial charge is 0.258 e. The van der Waals surface area contributed by atoms with Gasteiger partial charge in [0.05, 0.1) is 35.1 Å². The Labute approximate surface area is 300 Å². The van der Waals surface area contributed by atoms with Crippen molar-refractivity contribution in [1.82, 2.24) is 26.3 Å². The molecule has 3 aromatic carbocycles. The minimum atomic E-state index is -0.109. The Kier molecular flexibility index (Phi) is 10.1. The highest BCUT2D eigenvalue weighted by Crippen LogP contribution is 2.43. The number of carbonyl (C=O) groups is 3. The van der Waals surface area contributed by atoms with Crippen molar-refractivity contribution >= 4 is 46.6 Å². The Hall–Kier alpha value is -4.48. The molecule has 0 aliphatic carbocycles. The summed E-state index contributed by atoms with van der Waals surface area (Å²) in [4.78, 5) is 43.2. The highest BCUT2D eigenvalue weighted by atomic mass is 35.5. The van der Waals surface area contributed by atoms with Crippen LogP contribution in [0.1, 0.15) is 52.7 Å². The van der Waals surface area contributed by atoms with Crippen molar-refractivity contribution in [1.29, 1.82) is 0 Å². The Bertz CT molecular complexity index is 1970. The summed E-state index contributed by atoms with van der Waals surface area (Å²) in [5, 5.41) is 13.6. The quantitative estimate of drug-likeness (QED) is 0.150. The summed E-state index contributed by atoms with van der Waals surface area (Å²) in [7, 11) is 1.59. The summed E-state index contributed by atoms with van der Waals surface area (Å²) in [6.07, 6.45) is 2.80. The van der Waals surface area contributed by atoms with Crippen LogP contribution >= 0.6 is 23.2 Å². The van der Waals surface area contributed by atoms with Gasteiger partial charge in [-0.3, -0.25) is 14.4 Å². The third-order valence-electron chi connectivity index (χ3n) is 9.54. The first kappa shape index (κ1) is 34.0. The second-order valence-corrected chi connectivity index (χ2v) is 13.7. The van der Waals surface area contributed by atoms with Gasteiger partial charge in [0.15, 0.2) is 0 Å². The number of hydrogen-bond donors (Lipinski definition) is 4. The molecular weight excluding hydrogens is 675 g/mol. The standard InChI is InChI=1S/C38H38Cl2N6O4/c1-50-37-23(18-42-20-26-12-15-34(48)44-26)10-13-31(45-37)29-6-2-4-27(35(29)39)28-5-3-7-32(36(28)40)46-21-24-9-8-22(16-30(24)38(46)49)17-41-19-25-11-14-33(47)43-25/h2-10,13,16,25-26,41-42H,11-12,14-15,17-21H2,1H3,(H,43,47)(H,44,48)/t25-,26+/m0/s1. The summed E-state index contributed by atoms with van der Waals surface area (Å²) < 4.78 is 5.64. The summed E-state index contributed by atoms with van der Waals surface area (Å²) in [5.74, 6) is 0.566. The normalized spacial score (nSPS) is 18.4. The molecule has 4 N–H and O–H groups in total. The van der Waals surface area contributed by atoms with Gasteiger partial charge in [0.25, 0.3) is 5.91 Å². The van der Waals surface area contributed by atoms with Crippen LogP contribution in [-0.2, 0) is 29.2 Å². The van der Waals surface area contributed by atoms with Crippen molar-refractivity contribution in [3.63, 3.8) is 0 Å². The number of nitrogens with one attached hydrogen (secondary N) is 4. The van der Waals surface area contributed by atoms with Crippen molar-refractivity contribution in [2.24, 2.45) is 0 Å². The van der Waals surface area contributed by atoms with Crippen LogP contribution in [0.25, 0.3) is 22.4 Å². The minimum Gasteiger partial charge on any atom is -0.481 e. The molecule has 10 nitrogen and oxygen atoms in total. The summed E-state index contributed by atoms with van der Waals surface area (Å²) in [6, 6.07) is 21.5. The molecule has 1 aromatic heterocycles. The van der Waals surface area contributed by atoms with Gasteiger partial charge in [-0.1, -0.05) is 71.7 Å². The molecule has 7 rings (SSSR count). The van der Waals surface area contributed by atoms with Gasteiger partial charge >= 0.3 is 0 Å². The van der Waals surface area contributed by atoms with Gasteiger partial charge in [0, 0.05) is 78.9 Å². The molecule has 0 unspecified atom stereocenters. The molecule has 0 radical (unpaired) electrons. The molecule has 0 spiro atoms. The molecule has 2 atom stereocenters. The lowest BCUT2D eigenvalue weighted by molar-refractivity contribution is -0.120. The van der Waals surface area contributed by atoms with Crippen LogP contribution in [0, 0.1) is 0 Å². The van der Waals surface area contributed by atoms with E-state index in [2.05, 4.69) is 21.3 Å². The van der Waals surface area contributed by atoms with E-state index in [-0.39, 0.29) is 29.8 Å². The zero-order chi connectivity index (χ0) is 34.8. The van der Waals surface area contributed by atoms with Gasteiger partial charge in [-0.2, -0.15) is 0 Å². The lowest BCUT2D eigenvalue weighted by Gasteiger charge is -2.20. The van der Waals surface area contributed by atoms with Gasteiger partial charge in [-0.25, -0.2) is 4.98 Å². The Balaban J connectivity index is 1.07. The summed E-state index contributed by atoms with van der Waals surface area (Å²) in [5.41, 5.74) is 6.89. The van der Waals surface area contributed by atoms with Crippen LogP contribution in [0.4, 0.5) is 5.69 Å². The third-order valence-corrected chi connectivity index (χ3v) is 10.3. The average molecular weight is 714 g/mol. The highest BCUT2D eigenvalue weighted by Gasteiger charge is 2.31. The van der Waals surface area contributed by atoms with E-state index in [4.69, 9.17) is 32.9 Å². The van der Waals surface area contributed by atoms with Gasteiger partial charge in [0.1, 0.15) is 0 Å². The molecule has 12 heteroatoms. The van der Waals surface area contributed by atoms with E-state index >= 15 is 0 Å². The van der Waals surface area contributed by atoms with Crippen molar-refractivity contribution in [2.75, 3.05) is 25.1 Å². The van der Waals surface area contributed by atoms with Gasteiger partial charge in [-0.05, 0) is 42.2 Å². The van der Waals surface area contributed by atoms with E-state index in [0.29, 0.717) is 84.0 Å². The predicted octanol–water partition coefficient (Wildman–Crippen LogP) is 5.63. The lowest BCUT2D eigenvalue weighted by Crippen LogP contribution is -2.35. The minimum absolute atomic E-state index is 0.0924. The van der Waals surface area contributed by atoms with E-state index < -0.39 is 0 Å². The fourth-order valence-corrected chi connectivity index (χ4v) is 7.54. The van der Waals surface area contributed by atoms with Crippen molar-refractivity contribution in [2.45, 2.75) is 57.4 Å². The molecule has 0 saturated carbocycles. The molecule has 0 bridgehead atoms. The van der Waals surface area contributed by atoms with Crippen LogP contribution in [0.15, 0.2) is 66.7 Å². The number of ether oxygens (including phenoxy) is 1. The second kappa shape index (κ2) is 14.8. The summed E-state index contributed by atoms with van der Waals surface area (Å²) >= 11 is 14.2. The number of nitrogens with zero attached hydrogens (tertiary/aromatic N) is 2. The van der Waals surface area contributed by atoms with Gasteiger partial charge in [0.2, 0.25) is 17.7 Å². The third kappa shape index (κ3) is 7.07.